The van der Waals surface area contributed by atoms with Crippen LogP contribution in [-0.2, 0) is 28.6 Å². The number of hydrogen-bond acceptors (Lipinski definition) is 6. The second kappa shape index (κ2) is 4.32. The van der Waals surface area contributed by atoms with Crippen LogP contribution in [0.2, 0.25) is 0 Å². The van der Waals surface area contributed by atoms with Crippen molar-refractivity contribution in [2.45, 2.75) is 20.8 Å². The fourth-order valence-electron chi connectivity index (χ4n) is 4.24. The Bertz CT molecular complexity index is 530. The monoisotopic (exact) mass is 296 g/mol. The standard InChI is InChI=1S/C15H20O6/c1-7-21-12(18)15-8(2)14(10(16)19-5,11(17)20-6)9(15)13(15,3)4/h9H,2,7H2,1,3-6H3/t9-,15+/m1/s1. The van der Waals surface area contributed by atoms with Crippen LogP contribution >= 0.6 is 0 Å². The maximum Gasteiger partial charge on any atom is 0.327 e. The van der Waals surface area contributed by atoms with E-state index in [2.05, 4.69) is 6.58 Å². The third-order valence-corrected chi connectivity index (χ3v) is 5.08. The van der Waals surface area contributed by atoms with Gasteiger partial charge in [-0.25, -0.2) is 0 Å². The van der Waals surface area contributed by atoms with Gasteiger partial charge in [0.1, 0.15) is 5.41 Å². The summed E-state index contributed by atoms with van der Waals surface area (Å²) in [4.78, 5) is 36.8. The van der Waals surface area contributed by atoms with Crippen LogP contribution in [0.1, 0.15) is 20.8 Å². The zero-order chi connectivity index (χ0) is 16.2. The molecule has 2 saturated carbocycles. The Balaban J connectivity index is 2.53. The maximum atomic E-state index is 12.3. The van der Waals surface area contributed by atoms with Crippen molar-refractivity contribution in [2.24, 2.45) is 22.2 Å². The van der Waals surface area contributed by atoms with Gasteiger partial charge in [-0.1, -0.05) is 20.4 Å². The quantitative estimate of drug-likeness (QED) is 0.334. The number of hydrogen-bond donors (Lipinski definition) is 0. The number of carbonyl (C=O) groups is 3. The molecule has 116 valence electrons. The molecule has 21 heavy (non-hydrogen) atoms. The van der Waals surface area contributed by atoms with Gasteiger partial charge in [-0.3, -0.25) is 14.4 Å². The Kier molecular flexibility index (Phi) is 3.20. The summed E-state index contributed by atoms with van der Waals surface area (Å²) in [6.45, 7) is 9.39. The van der Waals surface area contributed by atoms with E-state index in [0.717, 1.165) is 0 Å². The average Bonchev–Trinajstić information content (AvgIpc) is 2.92. The Morgan fingerprint density at radius 1 is 1.10 bits per heavy atom. The molecule has 0 amide bonds. The van der Waals surface area contributed by atoms with Gasteiger partial charge >= 0.3 is 17.9 Å². The van der Waals surface area contributed by atoms with E-state index < -0.39 is 40.1 Å². The average molecular weight is 296 g/mol. The second-order valence-electron chi connectivity index (χ2n) is 5.95. The van der Waals surface area contributed by atoms with Gasteiger partial charge in [-0.2, -0.15) is 0 Å². The summed E-state index contributed by atoms with van der Waals surface area (Å²) in [7, 11) is 2.39. The summed E-state index contributed by atoms with van der Waals surface area (Å²) in [5, 5.41) is 0. The lowest BCUT2D eigenvalue weighted by Crippen LogP contribution is -2.57. The van der Waals surface area contributed by atoms with E-state index in [1.54, 1.807) is 6.92 Å². The maximum absolute atomic E-state index is 12.3. The predicted molar refractivity (Wildman–Crippen MR) is 71.9 cm³/mol. The molecule has 0 aromatic heterocycles. The van der Waals surface area contributed by atoms with E-state index in [0.29, 0.717) is 0 Å². The minimum absolute atomic E-state index is 0.210. The first kappa shape index (κ1) is 15.5. The first-order valence-corrected chi connectivity index (χ1v) is 6.76. The molecule has 2 aliphatic carbocycles. The van der Waals surface area contributed by atoms with Crippen LogP contribution in [0.25, 0.3) is 0 Å². The fourth-order valence-corrected chi connectivity index (χ4v) is 4.24. The van der Waals surface area contributed by atoms with E-state index in [1.807, 2.05) is 13.8 Å². The fraction of sp³-hybridized carbons (Fsp3) is 0.667. The number of fused-ring (bicyclic) bond motifs is 1. The summed E-state index contributed by atoms with van der Waals surface area (Å²) >= 11 is 0. The van der Waals surface area contributed by atoms with Crippen LogP contribution in [0.5, 0.6) is 0 Å². The highest BCUT2D eigenvalue weighted by Gasteiger charge is 2.97. The van der Waals surface area contributed by atoms with E-state index >= 15 is 0 Å². The molecule has 0 unspecified atom stereocenters. The van der Waals surface area contributed by atoms with Gasteiger partial charge in [0.25, 0.3) is 0 Å². The van der Waals surface area contributed by atoms with E-state index in [4.69, 9.17) is 14.2 Å². The molecule has 0 aromatic rings. The predicted octanol–water partition coefficient (Wildman–Crippen LogP) is 1.09. The number of carbonyl (C=O) groups excluding carboxylic acids is 3. The van der Waals surface area contributed by atoms with Crippen molar-refractivity contribution in [3.05, 3.63) is 12.2 Å². The number of rotatable bonds is 4. The van der Waals surface area contributed by atoms with Crippen molar-refractivity contribution in [2.75, 3.05) is 20.8 Å². The third kappa shape index (κ3) is 1.31. The van der Waals surface area contributed by atoms with Gasteiger partial charge < -0.3 is 14.2 Å². The van der Waals surface area contributed by atoms with Gasteiger partial charge in [0.15, 0.2) is 5.41 Å². The van der Waals surface area contributed by atoms with Gasteiger partial charge in [0, 0.05) is 5.92 Å². The molecule has 0 heterocycles. The molecule has 2 aliphatic rings. The molecule has 0 aromatic carbocycles. The van der Waals surface area contributed by atoms with E-state index in [9.17, 15) is 14.4 Å². The van der Waals surface area contributed by atoms with Crippen molar-refractivity contribution in [1.82, 2.24) is 0 Å². The normalized spacial score (nSPS) is 30.5. The lowest BCUT2D eigenvalue weighted by atomic mass is 9.58. The Morgan fingerprint density at radius 3 is 1.90 bits per heavy atom. The van der Waals surface area contributed by atoms with Crippen molar-refractivity contribution >= 4 is 17.9 Å². The van der Waals surface area contributed by atoms with Crippen LogP contribution < -0.4 is 0 Å². The van der Waals surface area contributed by atoms with Crippen LogP contribution in [0.3, 0.4) is 0 Å². The van der Waals surface area contributed by atoms with Crippen LogP contribution in [-0.4, -0.2) is 38.7 Å². The molecular formula is C15H20O6. The molecule has 2 fully saturated rings. The van der Waals surface area contributed by atoms with E-state index in [-0.39, 0.29) is 12.2 Å². The summed E-state index contributed by atoms with van der Waals surface area (Å²) in [6, 6.07) is 0. The summed E-state index contributed by atoms with van der Waals surface area (Å²) in [6.07, 6.45) is 0. The van der Waals surface area contributed by atoms with Gasteiger partial charge in [0.2, 0.25) is 0 Å². The summed E-state index contributed by atoms with van der Waals surface area (Å²) in [5.41, 5.74) is -3.02. The largest absolute Gasteiger partial charge is 0.468 e. The highest BCUT2D eigenvalue weighted by Crippen LogP contribution is 2.89. The smallest absolute Gasteiger partial charge is 0.327 e. The Labute approximate surface area is 123 Å². The molecule has 0 spiro atoms. The Hall–Kier alpha value is -1.85. The van der Waals surface area contributed by atoms with Crippen LogP contribution in [0.4, 0.5) is 0 Å². The minimum Gasteiger partial charge on any atom is -0.468 e. The van der Waals surface area contributed by atoms with Crippen molar-refractivity contribution in [3.8, 4) is 0 Å². The number of esters is 3. The topological polar surface area (TPSA) is 78.9 Å². The van der Waals surface area contributed by atoms with Crippen molar-refractivity contribution < 1.29 is 28.6 Å². The summed E-state index contributed by atoms with van der Waals surface area (Å²) < 4.78 is 14.7. The second-order valence-corrected chi connectivity index (χ2v) is 5.95. The Morgan fingerprint density at radius 2 is 1.57 bits per heavy atom. The third-order valence-electron chi connectivity index (χ3n) is 5.08. The molecular weight excluding hydrogens is 276 g/mol. The zero-order valence-electron chi connectivity index (χ0n) is 12.9. The lowest BCUT2D eigenvalue weighted by molar-refractivity contribution is -0.176. The molecule has 6 heteroatoms. The zero-order valence-corrected chi connectivity index (χ0v) is 12.9. The molecule has 2 atom stereocenters. The SMILES string of the molecule is C=C1C(C(=O)OC)(C(=O)OC)[C@H]2C(C)(C)[C@@]12C(=O)OCC. The minimum atomic E-state index is -1.61. The molecule has 0 saturated heterocycles. The highest BCUT2D eigenvalue weighted by atomic mass is 16.6. The number of methoxy groups -OCH3 is 2. The van der Waals surface area contributed by atoms with Gasteiger partial charge in [-0.15, -0.1) is 0 Å². The van der Waals surface area contributed by atoms with Crippen LogP contribution in [0, 0.1) is 22.2 Å². The van der Waals surface area contributed by atoms with Crippen LogP contribution in [0.15, 0.2) is 12.2 Å². The van der Waals surface area contributed by atoms with Crippen molar-refractivity contribution in [3.63, 3.8) is 0 Å². The van der Waals surface area contributed by atoms with Gasteiger partial charge in [0.05, 0.1) is 20.8 Å². The molecule has 0 aliphatic heterocycles. The van der Waals surface area contributed by atoms with E-state index in [1.165, 1.54) is 14.2 Å². The molecule has 0 bridgehead atoms. The first-order valence-electron chi connectivity index (χ1n) is 6.76. The lowest BCUT2D eigenvalue weighted by Gasteiger charge is -2.42. The first-order chi connectivity index (χ1) is 9.71. The summed E-state index contributed by atoms with van der Waals surface area (Å²) in [5.74, 6) is -2.48. The molecule has 2 rings (SSSR count). The number of ether oxygens (including phenoxy) is 3. The highest BCUT2D eigenvalue weighted by molar-refractivity contribution is 6.13. The molecule has 6 nitrogen and oxygen atoms in total. The molecule has 0 radical (unpaired) electrons. The molecule has 0 N–H and O–H groups in total. The van der Waals surface area contributed by atoms with Crippen molar-refractivity contribution in [1.29, 1.82) is 0 Å². The van der Waals surface area contributed by atoms with Gasteiger partial charge in [-0.05, 0) is 17.9 Å².